The maximum atomic E-state index is 12.9. The standard InChI is InChI=1S/C13H12F2O3/c1-7-8-4-2-3-5-10(8)18-12(7)9(13(14)15)6-11(16)17/h2-5,9,13H,6H2,1H3,(H,16,17). The molecular formula is C13H12F2O3. The summed E-state index contributed by atoms with van der Waals surface area (Å²) in [5, 5.41) is 9.42. The molecule has 2 aromatic rings. The lowest BCUT2D eigenvalue weighted by Crippen LogP contribution is -2.14. The van der Waals surface area contributed by atoms with Crippen molar-refractivity contribution in [3.05, 3.63) is 35.6 Å². The van der Waals surface area contributed by atoms with E-state index < -0.39 is 24.7 Å². The van der Waals surface area contributed by atoms with E-state index in [2.05, 4.69) is 0 Å². The molecule has 0 fully saturated rings. The molecule has 18 heavy (non-hydrogen) atoms. The molecule has 2 rings (SSSR count). The van der Waals surface area contributed by atoms with Crippen molar-refractivity contribution in [2.45, 2.75) is 25.7 Å². The number of furan rings is 1. The molecular weight excluding hydrogens is 242 g/mol. The second kappa shape index (κ2) is 4.76. The summed E-state index contributed by atoms with van der Waals surface area (Å²) in [5.41, 5.74) is 1.08. The van der Waals surface area contributed by atoms with E-state index in [0.29, 0.717) is 11.1 Å². The Morgan fingerprint density at radius 2 is 2.06 bits per heavy atom. The summed E-state index contributed by atoms with van der Waals surface area (Å²) in [6.45, 7) is 1.67. The molecule has 1 heterocycles. The topological polar surface area (TPSA) is 50.4 Å². The molecule has 1 N–H and O–H groups in total. The van der Waals surface area contributed by atoms with Crippen LogP contribution >= 0.6 is 0 Å². The van der Waals surface area contributed by atoms with E-state index in [-0.39, 0.29) is 5.76 Å². The van der Waals surface area contributed by atoms with Gasteiger partial charge in [-0.05, 0) is 18.6 Å². The molecule has 1 aromatic heterocycles. The lowest BCUT2D eigenvalue weighted by Gasteiger charge is -2.11. The van der Waals surface area contributed by atoms with Crippen LogP contribution in [0, 0.1) is 6.92 Å². The molecule has 5 heteroatoms. The highest BCUT2D eigenvalue weighted by Gasteiger charge is 2.30. The quantitative estimate of drug-likeness (QED) is 0.907. The summed E-state index contributed by atoms with van der Waals surface area (Å²) >= 11 is 0. The van der Waals surface area contributed by atoms with Crippen molar-refractivity contribution in [3.63, 3.8) is 0 Å². The van der Waals surface area contributed by atoms with E-state index in [1.165, 1.54) is 0 Å². The fourth-order valence-corrected chi connectivity index (χ4v) is 2.03. The first-order valence-electron chi connectivity index (χ1n) is 5.48. The molecule has 1 aromatic carbocycles. The van der Waals surface area contributed by atoms with Gasteiger partial charge in [-0.2, -0.15) is 0 Å². The van der Waals surface area contributed by atoms with E-state index in [4.69, 9.17) is 9.52 Å². The molecule has 3 nitrogen and oxygen atoms in total. The minimum atomic E-state index is -2.76. The average Bonchev–Trinajstić information content (AvgIpc) is 2.64. The van der Waals surface area contributed by atoms with Crippen LogP contribution in [0.3, 0.4) is 0 Å². The minimum Gasteiger partial charge on any atom is -0.481 e. The van der Waals surface area contributed by atoms with Crippen LogP contribution in [0.4, 0.5) is 8.78 Å². The number of fused-ring (bicyclic) bond motifs is 1. The summed E-state index contributed by atoms with van der Waals surface area (Å²) in [7, 11) is 0. The Kier molecular flexibility index (Phi) is 3.32. The maximum Gasteiger partial charge on any atom is 0.304 e. The van der Waals surface area contributed by atoms with Crippen LogP contribution in [0.2, 0.25) is 0 Å². The largest absolute Gasteiger partial charge is 0.481 e. The Hall–Kier alpha value is -1.91. The van der Waals surface area contributed by atoms with E-state index in [1.54, 1.807) is 31.2 Å². The third-order valence-electron chi connectivity index (χ3n) is 2.92. The van der Waals surface area contributed by atoms with Crippen LogP contribution in [0.25, 0.3) is 11.0 Å². The van der Waals surface area contributed by atoms with Crippen LogP contribution in [-0.2, 0) is 4.79 Å². The van der Waals surface area contributed by atoms with Gasteiger partial charge in [0.15, 0.2) is 0 Å². The highest BCUT2D eigenvalue weighted by molar-refractivity contribution is 5.82. The van der Waals surface area contributed by atoms with Gasteiger partial charge in [-0.25, -0.2) is 8.78 Å². The normalized spacial score (nSPS) is 13.1. The molecule has 0 amide bonds. The number of hydrogen-bond donors (Lipinski definition) is 1. The number of rotatable bonds is 4. The summed E-state index contributed by atoms with van der Waals surface area (Å²) in [6.07, 6.45) is -3.40. The number of halogens is 2. The second-order valence-electron chi connectivity index (χ2n) is 4.13. The monoisotopic (exact) mass is 254 g/mol. The molecule has 1 atom stereocenters. The van der Waals surface area contributed by atoms with Crippen LogP contribution in [-0.4, -0.2) is 17.5 Å². The van der Waals surface area contributed by atoms with E-state index in [9.17, 15) is 13.6 Å². The van der Waals surface area contributed by atoms with Gasteiger partial charge < -0.3 is 9.52 Å². The summed E-state index contributed by atoms with van der Waals surface area (Å²) < 4.78 is 31.2. The van der Waals surface area contributed by atoms with Gasteiger partial charge in [0, 0.05) is 5.39 Å². The van der Waals surface area contributed by atoms with Crippen molar-refractivity contribution in [1.82, 2.24) is 0 Å². The van der Waals surface area contributed by atoms with Gasteiger partial charge in [-0.1, -0.05) is 18.2 Å². The predicted molar refractivity (Wildman–Crippen MR) is 61.9 cm³/mol. The second-order valence-corrected chi connectivity index (χ2v) is 4.13. The van der Waals surface area contributed by atoms with Crippen molar-refractivity contribution in [1.29, 1.82) is 0 Å². The molecule has 0 aliphatic heterocycles. The molecule has 0 bridgehead atoms. The van der Waals surface area contributed by atoms with E-state index in [1.807, 2.05) is 0 Å². The van der Waals surface area contributed by atoms with Crippen molar-refractivity contribution >= 4 is 16.9 Å². The maximum absolute atomic E-state index is 12.9. The van der Waals surface area contributed by atoms with Crippen molar-refractivity contribution in [2.24, 2.45) is 0 Å². The fraction of sp³-hybridized carbons (Fsp3) is 0.308. The number of alkyl halides is 2. The summed E-state index contributed by atoms with van der Waals surface area (Å²) in [5.74, 6) is -2.61. The van der Waals surface area contributed by atoms with Gasteiger partial charge in [-0.3, -0.25) is 4.79 Å². The molecule has 0 spiro atoms. The fourth-order valence-electron chi connectivity index (χ4n) is 2.03. The predicted octanol–water partition coefficient (Wildman–Crippen LogP) is 3.56. The zero-order valence-electron chi connectivity index (χ0n) is 9.69. The Bertz CT molecular complexity index is 575. The number of carboxylic acids is 1. The number of hydrogen-bond acceptors (Lipinski definition) is 2. The number of aryl methyl sites for hydroxylation is 1. The third-order valence-corrected chi connectivity index (χ3v) is 2.92. The Morgan fingerprint density at radius 1 is 1.39 bits per heavy atom. The summed E-state index contributed by atoms with van der Waals surface area (Å²) in [4.78, 5) is 10.6. The zero-order valence-corrected chi connectivity index (χ0v) is 9.69. The third kappa shape index (κ3) is 2.20. The average molecular weight is 254 g/mol. The van der Waals surface area contributed by atoms with Crippen LogP contribution in [0.15, 0.2) is 28.7 Å². The SMILES string of the molecule is Cc1c(C(CC(=O)O)C(F)F)oc2ccccc12. The van der Waals surface area contributed by atoms with E-state index in [0.717, 1.165) is 5.39 Å². The minimum absolute atomic E-state index is 0.0635. The van der Waals surface area contributed by atoms with E-state index >= 15 is 0 Å². The number of carbonyl (C=O) groups is 1. The molecule has 0 aliphatic carbocycles. The highest BCUT2D eigenvalue weighted by atomic mass is 19.3. The van der Waals surface area contributed by atoms with Crippen molar-refractivity contribution in [2.75, 3.05) is 0 Å². The lowest BCUT2D eigenvalue weighted by atomic mass is 9.99. The smallest absolute Gasteiger partial charge is 0.304 e. The molecule has 0 saturated carbocycles. The lowest BCUT2D eigenvalue weighted by molar-refractivity contribution is -0.138. The summed E-state index contributed by atoms with van der Waals surface area (Å²) in [6, 6.07) is 6.96. The Morgan fingerprint density at radius 3 is 2.61 bits per heavy atom. The van der Waals surface area contributed by atoms with Gasteiger partial charge in [0.2, 0.25) is 6.43 Å². The molecule has 0 aliphatic rings. The first-order chi connectivity index (χ1) is 8.50. The molecule has 1 unspecified atom stereocenters. The number of carboxylic acid groups (broad SMARTS) is 1. The number of para-hydroxylation sites is 1. The molecule has 0 saturated heterocycles. The first kappa shape index (κ1) is 12.5. The molecule has 96 valence electrons. The zero-order chi connectivity index (χ0) is 13.3. The van der Waals surface area contributed by atoms with Gasteiger partial charge in [0.05, 0.1) is 12.3 Å². The van der Waals surface area contributed by atoms with Gasteiger partial charge >= 0.3 is 5.97 Å². The van der Waals surface area contributed by atoms with Gasteiger partial charge in [0.1, 0.15) is 11.3 Å². The van der Waals surface area contributed by atoms with Gasteiger partial charge in [-0.15, -0.1) is 0 Å². The van der Waals surface area contributed by atoms with Crippen LogP contribution < -0.4 is 0 Å². The molecule has 0 radical (unpaired) electrons. The first-order valence-corrected chi connectivity index (χ1v) is 5.48. The Balaban J connectivity index is 2.50. The number of benzene rings is 1. The Labute approximate surface area is 102 Å². The van der Waals surface area contributed by atoms with Crippen molar-refractivity contribution in [3.8, 4) is 0 Å². The number of aliphatic carboxylic acids is 1. The van der Waals surface area contributed by atoms with Crippen LogP contribution in [0.5, 0.6) is 0 Å². The van der Waals surface area contributed by atoms with Gasteiger partial charge in [0.25, 0.3) is 0 Å². The van der Waals surface area contributed by atoms with Crippen LogP contribution in [0.1, 0.15) is 23.7 Å². The highest BCUT2D eigenvalue weighted by Crippen LogP contribution is 2.35. The van der Waals surface area contributed by atoms with Crippen molar-refractivity contribution < 1.29 is 23.1 Å².